The first-order valence-electron chi connectivity index (χ1n) is 12.3. The van der Waals surface area contributed by atoms with Crippen molar-refractivity contribution in [1.29, 1.82) is 0 Å². The largest absolute Gasteiger partial charge is 0.507 e. The number of nitrogens with zero attached hydrogens (tertiary/aromatic N) is 2. The van der Waals surface area contributed by atoms with Crippen LogP contribution in [0.15, 0.2) is 66.8 Å². The number of Topliss-reactive ketones (excluding diaryl/α,β-unsaturated/α-hetero) is 1. The number of ketones is 1. The van der Waals surface area contributed by atoms with E-state index in [9.17, 15) is 19.5 Å². The Bertz CT molecular complexity index is 1440. The van der Waals surface area contributed by atoms with E-state index in [1.807, 2.05) is 6.92 Å². The van der Waals surface area contributed by atoms with Crippen molar-refractivity contribution in [3.63, 3.8) is 0 Å². The highest BCUT2D eigenvalue weighted by Crippen LogP contribution is 2.44. The summed E-state index contributed by atoms with van der Waals surface area (Å²) in [4.78, 5) is 45.2. The van der Waals surface area contributed by atoms with Gasteiger partial charge in [-0.3, -0.25) is 14.5 Å². The molecule has 10 heteroatoms. The van der Waals surface area contributed by atoms with Crippen LogP contribution in [-0.2, 0) is 14.3 Å². The predicted octanol–water partition coefficient (Wildman–Crippen LogP) is 5.22. The molecule has 1 aliphatic heterocycles. The third kappa shape index (κ3) is 5.56. The van der Waals surface area contributed by atoms with E-state index in [-0.39, 0.29) is 34.6 Å². The molecule has 3 aromatic rings. The molecule has 9 nitrogen and oxygen atoms in total. The van der Waals surface area contributed by atoms with Gasteiger partial charge in [-0.05, 0) is 62.7 Å². The predicted molar refractivity (Wildman–Crippen MR) is 147 cm³/mol. The molecule has 0 saturated carbocycles. The smallest absolute Gasteiger partial charge is 0.350 e. The third-order valence-corrected chi connectivity index (χ3v) is 7.01. The summed E-state index contributed by atoms with van der Waals surface area (Å²) in [7, 11) is 0. The number of rotatable bonds is 10. The number of esters is 1. The average molecular weight is 549 g/mol. The molecule has 0 radical (unpaired) electrons. The number of anilines is 1. The molecule has 0 aliphatic carbocycles. The molecule has 1 fully saturated rings. The van der Waals surface area contributed by atoms with Gasteiger partial charge in [-0.25, -0.2) is 9.78 Å². The summed E-state index contributed by atoms with van der Waals surface area (Å²) in [6.45, 7) is 9.73. The normalized spacial score (nSPS) is 16.3. The molecule has 1 unspecified atom stereocenters. The molecular weight excluding hydrogens is 520 g/mol. The van der Waals surface area contributed by atoms with Crippen molar-refractivity contribution in [2.45, 2.75) is 26.8 Å². The van der Waals surface area contributed by atoms with Gasteiger partial charge in [0, 0.05) is 5.56 Å². The molecule has 1 amide bonds. The molecular formula is C29H28N2O7S. The Kier molecular flexibility index (Phi) is 8.46. The summed E-state index contributed by atoms with van der Waals surface area (Å²) in [5.41, 5.74) is 1.09. The summed E-state index contributed by atoms with van der Waals surface area (Å²) >= 11 is 0.946. The lowest BCUT2D eigenvalue weighted by molar-refractivity contribution is -0.132. The number of ether oxygens (including phenoxy) is 3. The van der Waals surface area contributed by atoms with Gasteiger partial charge in [0.05, 0.1) is 30.5 Å². The average Bonchev–Trinajstić information content (AvgIpc) is 3.44. The SMILES string of the molecule is C=CCOc1cccc(C2C(=C(O)c3ccc(OCC)cc3)C(=O)C(=O)N2c2nc(C)c(C(=O)OCC)s2)c1. The highest BCUT2D eigenvalue weighted by molar-refractivity contribution is 7.17. The number of aromatic nitrogens is 1. The Balaban J connectivity index is 1.88. The number of hydrogen-bond acceptors (Lipinski definition) is 9. The topological polar surface area (TPSA) is 115 Å². The molecule has 1 aromatic heterocycles. The van der Waals surface area contributed by atoms with E-state index in [1.165, 1.54) is 4.90 Å². The minimum Gasteiger partial charge on any atom is -0.507 e. The van der Waals surface area contributed by atoms with Gasteiger partial charge in [0.1, 0.15) is 28.7 Å². The number of hydrogen-bond donors (Lipinski definition) is 1. The number of aliphatic hydroxyl groups excluding tert-OH is 1. The van der Waals surface area contributed by atoms with E-state index in [0.29, 0.717) is 34.9 Å². The molecule has 2 aromatic carbocycles. The molecule has 39 heavy (non-hydrogen) atoms. The fourth-order valence-corrected chi connectivity index (χ4v) is 5.16. The maximum absolute atomic E-state index is 13.5. The summed E-state index contributed by atoms with van der Waals surface area (Å²) in [6, 6.07) is 12.4. The van der Waals surface area contributed by atoms with Gasteiger partial charge in [0.15, 0.2) is 5.13 Å². The van der Waals surface area contributed by atoms with Crippen LogP contribution in [0, 0.1) is 6.92 Å². The van der Waals surface area contributed by atoms with Crippen molar-refractivity contribution in [3.8, 4) is 11.5 Å². The van der Waals surface area contributed by atoms with Crippen LogP contribution in [0.25, 0.3) is 5.76 Å². The molecule has 0 spiro atoms. The van der Waals surface area contributed by atoms with Gasteiger partial charge in [-0.2, -0.15) is 0 Å². The van der Waals surface area contributed by atoms with Crippen molar-refractivity contribution in [2.24, 2.45) is 0 Å². The van der Waals surface area contributed by atoms with E-state index in [4.69, 9.17) is 14.2 Å². The van der Waals surface area contributed by atoms with Gasteiger partial charge < -0.3 is 19.3 Å². The quantitative estimate of drug-likeness (QED) is 0.121. The number of thiazole rings is 1. The van der Waals surface area contributed by atoms with Gasteiger partial charge >= 0.3 is 11.9 Å². The van der Waals surface area contributed by atoms with Crippen molar-refractivity contribution >= 4 is 39.9 Å². The highest BCUT2D eigenvalue weighted by Gasteiger charge is 2.48. The lowest BCUT2D eigenvalue weighted by Gasteiger charge is -2.23. The maximum atomic E-state index is 13.5. The Labute approximate surface area is 230 Å². The first kappa shape index (κ1) is 27.6. The number of carbonyl (C=O) groups excluding carboxylic acids is 3. The number of aliphatic hydroxyl groups is 1. The second-order valence-corrected chi connectivity index (χ2v) is 9.41. The zero-order valence-corrected chi connectivity index (χ0v) is 22.6. The molecule has 1 atom stereocenters. The molecule has 0 bridgehead atoms. The first-order valence-corrected chi connectivity index (χ1v) is 13.1. The molecule has 4 rings (SSSR count). The number of amides is 1. The molecule has 202 valence electrons. The number of benzene rings is 2. The summed E-state index contributed by atoms with van der Waals surface area (Å²) in [5.74, 6) is -1.59. The van der Waals surface area contributed by atoms with Crippen molar-refractivity contribution in [1.82, 2.24) is 4.98 Å². The Morgan fingerprint density at radius 3 is 2.51 bits per heavy atom. The number of carbonyl (C=O) groups is 3. The van der Waals surface area contributed by atoms with Crippen molar-refractivity contribution in [3.05, 3.63) is 88.5 Å². The fourth-order valence-electron chi connectivity index (χ4n) is 4.18. The minimum absolute atomic E-state index is 0.115. The van der Waals surface area contributed by atoms with Gasteiger partial charge in [0.25, 0.3) is 5.78 Å². The third-order valence-electron chi connectivity index (χ3n) is 5.88. The Morgan fingerprint density at radius 2 is 1.85 bits per heavy atom. The Hall–Kier alpha value is -4.44. The van der Waals surface area contributed by atoms with Crippen LogP contribution in [0.5, 0.6) is 11.5 Å². The highest BCUT2D eigenvalue weighted by atomic mass is 32.1. The lowest BCUT2D eigenvalue weighted by Crippen LogP contribution is -2.29. The fraction of sp³-hybridized carbons (Fsp3) is 0.241. The zero-order chi connectivity index (χ0) is 28.1. The van der Waals surface area contributed by atoms with E-state index in [1.54, 1.807) is 68.5 Å². The summed E-state index contributed by atoms with van der Waals surface area (Å²) in [5, 5.41) is 11.5. The van der Waals surface area contributed by atoms with Crippen LogP contribution in [0.3, 0.4) is 0 Å². The first-order chi connectivity index (χ1) is 18.8. The summed E-state index contributed by atoms with van der Waals surface area (Å²) in [6.07, 6.45) is 1.60. The van der Waals surface area contributed by atoms with Crippen LogP contribution in [-0.4, -0.2) is 47.6 Å². The molecule has 2 heterocycles. The maximum Gasteiger partial charge on any atom is 0.350 e. The molecule has 1 aliphatic rings. The summed E-state index contributed by atoms with van der Waals surface area (Å²) < 4.78 is 16.3. The molecule has 1 saturated heterocycles. The van der Waals surface area contributed by atoms with E-state index in [2.05, 4.69) is 11.6 Å². The van der Waals surface area contributed by atoms with E-state index >= 15 is 0 Å². The van der Waals surface area contributed by atoms with Gasteiger partial charge in [0.2, 0.25) is 0 Å². The second kappa shape index (κ2) is 12.0. The standard InChI is InChI=1S/C29H28N2O7S/c1-5-15-38-21-10-8-9-19(16-21)23-22(24(32)18-11-13-20(14-12-18)36-6-2)25(33)27(34)31(23)29-30-17(4)26(39-29)28(35)37-7-3/h5,8-14,16,23,32H,1,6-7,15H2,2-4H3. The van der Waals surface area contributed by atoms with Crippen LogP contribution >= 0.6 is 11.3 Å². The van der Waals surface area contributed by atoms with Gasteiger partial charge in [-0.15, -0.1) is 0 Å². The molecule has 1 N–H and O–H groups in total. The second-order valence-electron chi connectivity index (χ2n) is 8.43. The lowest BCUT2D eigenvalue weighted by atomic mass is 9.95. The minimum atomic E-state index is -1.04. The van der Waals surface area contributed by atoms with Crippen LogP contribution < -0.4 is 14.4 Å². The number of aryl methyl sites for hydroxylation is 1. The van der Waals surface area contributed by atoms with Crippen LogP contribution in [0.4, 0.5) is 5.13 Å². The van der Waals surface area contributed by atoms with Crippen LogP contribution in [0.1, 0.15) is 46.4 Å². The zero-order valence-electron chi connectivity index (χ0n) is 21.8. The monoisotopic (exact) mass is 548 g/mol. The Morgan fingerprint density at radius 1 is 1.10 bits per heavy atom. The van der Waals surface area contributed by atoms with E-state index < -0.39 is 23.7 Å². The van der Waals surface area contributed by atoms with E-state index in [0.717, 1.165) is 11.3 Å². The van der Waals surface area contributed by atoms with Crippen molar-refractivity contribution in [2.75, 3.05) is 24.7 Å². The van der Waals surface area contributed by atoms with Crippen molar-refractivity contribution < 1.29 is 33.7 Å². The van der Waals surface area contributed by atoms with Crippen LogP contribution in [0.2, 0.25) is 0 Å². The van der Waals surface area contributed by atoms with Gasteiger partial charge in [-0.1, -0.05) is 36.1 Å².